The molecule has 2 rings (SSSR count). The van der Waals surface area contributed by atoms with Crippen molar-refractivity contribution >= 4 is 5.69 Å². The minimum absolute atomic E-state index is 0.439. The van der Waals surface area contributed by atoms with Gasteiger partial charge in [0, 0.05) is 30.3 Å². The lowest BCUT2D eigenvalue weighted by molar-refractivity contribution is 0.183. The van der Waals surface area contributed by atoms with E-state index in [4.69, 9.17) is 9.47 Å². The van der Waals surface area contributed by atoms with Crippen LogP contribution in [0.1, 0.15) is 13.3 Å². The molecule has 1 aromatic rings. The molecule has 88 valence electrons. The van der Waals surface area contributed by atoms with Crippen LogP contribution in [0.2, 0.25) is 0 Å². The smallest absolute Gasteiger partial charge is 0.120 e. The van der Waals surface area contributed by atoms with Gasteiger partial charge in [-0.2, -0.15) is 0 Å². The van der Waals surface area contributed by atoms with Gasteiger partial charge in [-0.15, -0.1) is 0 Å². The molecule has 3 nitrogen and oxygen atoms in total. The van der Waals surface area contributed by atoms with Gasteiger partial charge in [-0.25, -0.2) is 0 Å². The minimum Gasteiger partial charge on any atom is -0.497 e. The van der Waals surface area contributed by atoms with Gasteiger partial charge in [0.25, 0.3) is 0 Å². The molecule has 0 amide bonds. The van der Waals surface area contributed by atoms with Crippen molar-refractivity contribution < 1.29 is 9.47 Å². The maximum Gasteiger partial charge on any atom is 0.120 e. The standard InChI is InChI=1S/C13H19NO2/c1-10(11-6-7-16-9-11)14-12-4-3-5-13(8-12)15-2/h3-5,8,10-11,14H,6-7,9H2,1-2H3. The van der Waals surface area contributed by atoms with Gasteiger partial charge in [-0.3, -0.25) is 0 Å². The minimum atomic E-state index is 0.439. The molecule has 1 fully saturated rings. The van der Waals surface area contributed by atoms with Crippen LogP contribution in [0.4, 0.5) is 5.69 Å². The average Bonchev–Trinajstić information content (AvgIpc) is 2.83. The van der Waals surface area contributed by atoms with Crippen molar-refractivity contribution in [3.05, 3.63) is 24.3 Å². The average molecular weight is 221 g/mol. The zero-order valence-electron chi connectivity index (χ0n) is 9.90. The van der Waals surface area contributed by atoms with Crippen molar-refractivity contribution in [3.8, 4) is 5.75 Å². The van der Waals surface area contributed by atoms with Crippen molar-refractivity contribution in [1.29, 1.82) is 0 Å². The molecule has 0 aromatic heterocycles. The van der Waals surface area contributed by atoms with E-state index < -0.39 is 0 Å². The number of benzene rings is 1. The van der Waals surface area contributed by atoms with Crippen LogP contribution in [-0.4, -0.2) is 26.4 Å². The van der Waals surface area contributed by atoms with E-state index in [9.17, 15) is 0 Å². The fourth-order valence-electron chi connectivity index (χ4n) is 2.04. The Labute approximate surface area is 96.8 Å². The fraction of sp³-hybridized carbons (Fsp3) is 0.538. The number of hydrogen-bond donors (Lipinski definition) is 1. The molecule has 1 aliphatic heterocycles. The molecule has 1 aromatic carbocycles. The summed E-state index contributed by atoms with van der Waals surface area (Å²) < 4.78 is 10.6. The van der Waals surface area contributed by atoms with Crippen LogP contribution in [0.15, 0.2) is 24.3 Å². The molecule has 2 atom stereocenters. The highest BCUT2D eigenvalue weighted by atomic mass is 16.5. The van der Waals surface area contributed by atoms with Gasteiger partial charge in [-0.05, 0) is 25.5 Å². The zero-order chi connectivity index (χ0) is 11.4. The van der Waals surface area contributed by atoms with Gasteiger partial charge >= 0.3 is 0 Å². The number of hydrogen-bond acceptors (Lipinski definition) is 3. The summed E-state index contributed by atoms with van der Waals surface area (Å²) >= 11 is 0. The Morgan fingerprint density at radius 1 is 1.50 bits per heavy atom. The second-order valence-corrected chi connectivity index (χ2v) is 4.29. The molecule has 0 radical (unpaired) electrons. The largest absolute Gasteiger partial charge is 0.497 e. The number of ether oxygens (including phenoxy) is 2. The first-order valence-corrected chi connectivity index (χ1v) is 5.78. The van der Waals surface area contributed by atoms with E-state index in [1.54, 1.807) is 7.11 Å². The van der Waals surface area contributed by atoms with E-state index in [1.807, 2.05) is 18.2 Å². The van der Waals surface area contributed by atoms with Gasteiger partial charge in [-0.1, -0.05) is 6.07 Å². The third-order valence-electron chi connectivity index (χ3n) is 3.14. The third-order valence-corrected chi connectivity index (χ3v) is 3.14. The van der Waals surface area contributed by atoms with Crippen LogP contribution in [0.25, 0.3) is 0 Å². The highest BCUT2D eigenvalue weighted by Gasteiger charge is 2.21. The molecule has 16 heavy (non-hydrogen) atoms. The van der Waals surface area contributed by atoms with Crippen molar-refractivity contribution in [2.75, 3.05) is 25.6 Å². The van der Waals surface area contributed by atoms with Crippen LogP contribution in [0, 0.1) is 5.92 Å². The molecule has 1 N–H and O–H groups in total. The number of methoxy groups -OCH3 is 1. The molecular weight excluding hydrogens is 202 g/mol. The highest BCUT2D eigenvalue weighted by molar-refractivity contribution is 5.48. The number of rotatable bonds is 4. The van der Waals surface area contributed by atoms with Crippen molar-refractivity contribution in [3.63, 3.8) is 0 Å². The van der Waals surface area contributed by atoms with Gasteiger partial charge in [0.1, 0.15) is 5.75 Å². The maximum absolute atomic E-state index is 5.40. The first-order chi connectivity index (χ1) is 7.79. The lowest BCUT2D eigenvalue weighted by Gasteiger charge is -2.20. The van der Waals surface area contributed by atoms with Gasteiger partial charge in [0.2, 0.25) is 0 Å². The Balaban J connectivity index is 1.96. The molecular formula is C13H19NO2. The Morgan fingerprint density at radius 3 is 3.06 bits per heavy atom. The van der Waals surface area contributed by atoms with Crippen molar-refractivity contribution in [2.24, 2.45) is 5.92 Å². The van der Waals surface area contributed by atoms with E-state index >= 15 is 0 Å². The monoisotopic (exact) mass is 221 g/mol. The van der Waals surface area contributed by atoms with E-state index in [-0.39, 0.29) is 0 Å². The first kappa shape index (κ1) is 11.3. The molecule has 0 saturated carbocycles. The Bertz CT molecular complexity index is 334. The Morgan fingerprint density at radius 2 is 2.38 bits per heavy atom. The fourth-order valence-corrected chi connectivity index (χ4v) is 2.04. The maximum atomic E-state index is 5.40. The van der Waals surface area contributed by atoms with Crippen LogP contribution >= 0.6 is 0 Å². The molecule has 1 saturated heterocycles. The summed E-state index contributed by atoms with van der Waals surface area (Å²) in [6.45, 7) is 3.98. The number of anilines is 1. The summed E-state index contributed by atoms with van der Waals surface area (Å²) in [7, 11) is 1.69. The van der Waals surface area contributed by atoms with E-state index in [2.05, 4.69) is 18.3 Å². The second kappa shape index (κ2) is 5.21. The van der Waals surface area contributed by atoms with Crippen LogP contribution in [0.5, 0.6) is 5.75 Å². The van der Waals surface area contributed by atoms with Gasteiger partial charge in [0.05, 0.1) is 13.7 Å². The molecule has 1 heterocycles. The van der Waals surface area contributed by atoms with Gasteiger partial charge < -0.3 is 14.8 Å². The lowest BCUT2D eigenvalue weighted by atomic mass is 10.0. The van der Waals surface area contributed by atoms with Crippen molar-refractivity contribution in [1.82, 2.24) is 0 Å². The van der Waals surface area contributed by atoms with Crippen LogP contribution in [0.3, 0.4) is 0 Å². The van der Waals surface area contributed by atoms with Gasteiger partial charge in [0.15, 0.2) is 0 Å². The normalized spacial score (nSPS) is 21.8. The third kappa shape index (κ3) is 2.67. The molecule has 3 heteroatoms. The predicted molar refractivity (Wildman–Crippen MR) is 65.0 cm³/mol. The summed E-state index contributed by atoms with van der Waals surface area (Å²) in [5.41, 5.74) is 1.11. The summed E-state index contributed by atoms with van der Waals surface area (Å²) in [4.78, 5) is 0. The quantitative estimate of drug-likeness (QED) is 0.847. The Hall–Kier alpha value is -1.22. The van der Waals surface area contributed by atoms with E-state index in [0.717, 1.165) is 31.1 Å². The van der Waals surface area contributed by atoms with Crippen LogP contribution < -0.4 is 10.1 Å². The highest BCUT2D eigenvalue weighted by Crippen LogP contribution is 2.22. The topological polar surface area (TPSA) is 30.5 Å². The Kier molecular flexibility index (Phi) is 3.67. The summed E-state index contributed by atoms with van der Waals surface area (Å²) in [6.07, 6.45) is 1.15. The first-order valence-electron chi connectivity index (χ1n) is 5.78. The molecule has 0 bridgehead atoms. The molecule has 0 aliphatic carbocycles. The molecule has 0 spiro atoms. The van der Waals surface area contributed by atoms with Crippen LogP contribution in [-0.2, 0) is 4.74 Å². The SMILES string of the molecule is COc1cccc(NC(C)C2CCOC2)c1. The molecule has 1 aliphatic rings. The zero-order valence-corrected chi connectivity index (χ0v) is 9.90. The second-order valence-electron chi connectivity index (χ2n) is 4.29. The predicted octanol–water partition coefficient (Wildman–Crippen LogP) is 2.53. The van der Waals surface area contributed by atoms with E-state index in [0.29, 0.717) is 12.0 Å². The number of nitrogens with one attached hydrogen (secondary N) is 1. The summed E-state index contributed by atoms with van der Waals surface area (Å²) in [5, 5.41) is 3.50. The molecule has 2 unspecified atom stereocenters. The van der Waals surface area contributed by atoms with Crippen molar-refractivity contribution in [2.45, 2.75) is 19.4 Å². The summed E-state index contributed by atoms with van der Waals surface area (Å²) in [5.74, 6) is 1.51. The van der Waals surface area contributed by atoms with E-state index in [1.165, 1.54) is 0 Å². The summed E-state index contributed by atoms with van der Waals surface area (Å²) in [6, 6.07) is 8.48. The lowest BCUT2D eigenvalue weighted by Crippen LogP contribution is -2.26.